The maximum Gasteiger partial charge on any atom is 1.00 e. The SMILES string of the molecule is CN(CCS(=O)(=O)O)c1nnc(N)s1.[H-].[Na+]. The van der Waals surface area contributed by atoms with E-state index in [9.17, 15) is 8.42 Å². The fourth-order valence-corrected chi connectivity index (χ4v) is 1.83. The molecule has 10 heteroatoms. The second kappa shape index (κ2) is 5.97. The van der Waals surface area contributed by atoms with Crippen LogP contribution in [0.2, 0.25) is 0 Å². The minimum Gasteiger partial charge on any atom is -1.00 e. The molecule has 0 spiro atoms. The third kappa shape index (κ3) is 5.64. The predicted molar refractivity (Wildman–Crippen MR) is 55.1 cm³/mol. The van der Waals surface area contributed by atoms with Gasteiger partial charge in [0.2, 0.25) is 10.3 Å². The van der Waals surface area contributed by atoms with Crippen molar-refractivity contribution in [3.63, 3.8) is 0 Å². The number of nitrogens with zero attached hydrogens (tertiary/aromatic N) is 3. The van der Waals surface area contributed by atoms with Gasteiger partial charge in [0, 0.05) is 13.6 Å². The molecule has 0 fully saturated rings. The van der Waals surface area contributed by atoms with E-state index in [1.807, 2.05) is 0 Å². The van der Waals surface area contributed by atoms with Crippen molar-refractivity contribution in [1.29, 1.82) is 0 Å². The number of aromatic nitrogens is 2. The van der Waals surface area contributed by atoms with Gasteiger partial charge in [0.1, 0.15) is 0 Å². The molecule has 0 amide bonds. The van der Waals surface area contributed by atoms with E-state index in [2.05, 4.69) is 10.2 Å². The molecule has 1 heterocycles. The molecular formula is C5H11N4NaO3S2. The minimum absolute atomic E-state index is 0. The van der Waals surface area contributed by atoms with Crippen molar-refractivity contribution < 1.29 is 44.0 Å². The molecule has 1 aromatic heterocycles. The number of hydrogen-bond donors (Lipinski definition) is 2. The summed E-state index contributed by atoms with van der Waals surface area (Å²) >= 11 is 1.15. The zero-order valence-corrected chi connectivity index (χ0v) is 12.0. The molecular weight excluding hydrogens is 251 g/mol. The third-order valence-electron chi connectivity index (χ3n) is 1.44. The Kier molecular flexibility index (Phi) is 5.99. The molecule has 1 aromatic rings. The van der Waals surface area contributed by atoms with Crippen LogP contribution in [-0.4, -0.2) is 42.5 Å². The van der Waals surface area contributed by atoms with Crippen molar-refractivity contribution in [2.24, 2.45) is 0 Å². The van der Waals surface area contributed by atoms with Crippen LogP contribution in [0.25, 0.3) is 0 Å². The molecule has 0 aliphatic carbocycles. The summed E-state index contributed by atoms with van der Waals surface area (Å²) < 4.78 is 29.4. The maximum absolute atomic E-state index is 10.4. The van der Waals surface area contributed by atoms with Crippen LogP contribution < -0.4 is 40.2 Å². The summed E-state index contributed by atoms with van der Waals surface area (Å²) in [5, 5.41) is 8.12. The van der Waals surface area contributed by atoms with E-state index in [4.69, 9.17) is 10.3 Å². The van der Waals surface area contributed by atoms with Crippen LogP contribution in [0.5, 0.6) is 0 Å². The van der Waals surface area contributed by atoms with Crippen molar-refractivity contribution in [1.82, 2.24) is 10.2 Å². The standard InChI is InChI=1S/C5H10N4O3S2.Na.H/c1-9(2-3-14(10,11)12)5-8-7-4(6)13-5;;/h2-3H2,1H3,(H2,6,7)(H,10,11,12);;/q;+1;-1. The van der Waals surface area contributed by atoms with Crippen molar-refractivity contribution in [2.45, 2.75) is 0 Å². The Hall–Kier alpha value is 0.0700. The van der Waals surface area contributed by atoms with Gasteiger partial charge >= 0.3 is 29.6 Å². The Morgan fingerprint density at radius 3 is 2.60 bits per heavy atom. The van der Waals surface area contributed by atoms with Gasteiger partial charge in [-0.3, -0.25) is 4.55 Å². The molecule has 3 N–H and O–H groups in total. The van der Waals surface area contributed by atoms with Gasteiger partial charge in [-0.2, -0.15) is 8.42 Å². The van der Waals surface area contributed by atoms with Crippen molar-refractivity contribution in [2.75, 3.05) is 30.0 Å². The molecule has 0 aromatic carbocycles. The van der Waals surface area contributed by atoms with Gasteiger partial charge in [0.05, 0.1) is 5.75 Å². The average Bonchev–Trinajstić information content (AvgIpc) is 2.46. The monoisotopic (exact) mass is 262 g/mol. The van der Waals surface area contributed by atoms with E-state index in [0.29, 0.717) is 10.3 Å². The Balaban J connectivity index is 0. The van der Waals surface area contributed by atoms with E-state index in [1.54, 1.807) is 11.9 Å². The Morgan fingerprint density at radius 2 is 2.20 bits per heavy atom. The number of rotatable bonds is 4. The summed E-state index contributed by atoms with van der Waals surface area (Å²) in [6, 6.07) is 0. The number of nitrogens with two attached hydrogens (primary N) is 1. The smallest absolute Gasteiger partial charge is 1.00 e. The van der Waals surface area contributed by atoms with E-state index >= 15 is 0 Å². The summed E-state index contributed by atoms with van der Waals surface area (Å²) in [6.07, 6.45) is 0. The largest absolute Gasteiger partial charge is 1.00 e. The van der Waals surface area contributed by atoms with Crippen LogP contribution in [0.1, 0.15) is 1.43 Å². The predicted octanol–water partition coefficient (Wildman–Crippen LogP) is -3.44. The summed E-state index contributed by atoms with van der Waals surface area (Å²) in [5.74, 6) is -0.344. The van der Waals surface area contributed by atoms with Crippen LogP contribution in [-0.2, 0) is 10.1 Å². The third-order valence-corrected chi connectivity index (χ3v) is 3.01. The van der Waals surface area contributed by atoms with Crippen LogP contribution in [0.15, 0.2) is 0 Å². The van der Waals surface area contributed by atoms with Gasteiger partial charge in [-0.25, -0.2) is 0 Å². The molecule has 0 bridgehead atoms. The fourth-order valence-electron chi connectivity index (χ4n) is 0.729. The van der Waals surface area contributed by atoms with Crippen molar-refractivity contribution in [3.8, 4) is 0 Å². The minimum atomic E-state index is -3.94. The number of anilines is 2. The number of hydrogen-bond acceptors (Lipinski definition) is 7. The first-order chi connectivity index (χ1) is 6.38. The van der Waals surface area contributed by atoms with Gasteiger partial charge in [-0.05, 0) is 0 Å². The molecule has 1 rings (SSSR count). The quantitative estimate of drug-likeness (QED) is 0.429. The molecule has 0 saturated carbocycles. The molecule has 0 aliphatic heterocycles. The molecule has 0 radical (unpaired) electrons. The summed E-state index contributed by atoms with van der Waals surface area (Å²) in [7, 11) is -2.29. The first kappa shape index (κ1) is 15.1. The van der Waals surface area contributed by atoms with E-state index < -0.39 is 10.1 Å². The molecule has 0 aliphatic rings. The van der Waals surface area contributed by atoms with Gasteiger partial charge in [-0.1, -0.05) is 11.3 Å². The Morgan fingerprint density at radius 1 is 1.60 bits per heavy atom. The summed E-state index contributed by atoms with van der Waals surface area (Å²) in [5.41, 5.74) is 5.35. The van der Waals surface area contributed by atoms with Gasteiger partial charge < -0.3 is 12.1 Å². The average molecular weight is 262 g/mol. The first-order valence-corrected chi connectivity index (χ1v) is 6.06. The van der Waals surface area contributed by atoms with Crippen molar-refractivity contribution >= 4 is 31.7 Å². The van der Waals surface area contributed by atoms with Crippen LogP contribution in [0.3, 0.4) is 0 Å². The number of nitrogen functional groups attached to an aromatic ring is 1. The van der Waals surface area contributed by atoms with Crippen LogP contribution in [0.4, 0.5) is 10.3 Å². The second-order valence-electron chi connectivity index (χ2n) is 2.63. The summed E-state index contributed by atoms with van der Waals surface area (Å²) in [6.45, 7) is 0.146. The molecule has 0 unspecified atom stereocenters. The Labute approximate surface area is 115 Å². The molecule has 0 saturated heterocycles. The topological polar surface area (TPSA) is 109 Å². The van der Waals surface area contributed by atoms with Gasteiger partial charge in [0.15, 0.2) is 0 Å². The molecule has 0 atom stereocenters. The van der Waals surface area contributed by atoms with E-state index in [-0.39, 0.29) is 43.3 Å². The maximum atomic E-state index is 10.4. The van der Waals surface area contributed by atoms with Gasteiger partial charge in [-0.15, -0.1) is 10.2 Å². The first-order valence-electron chi connectivity index (χ1n) is 3.64. The fraction of sp³-hybridized carbons (Fsp3) is 0.600. The van der Waals surface area contributed by atoms with Crippen molar-refractivity contribution in [3.05, 3.63) is 0 Å². The zero-order valence-electron chi connectivity index (χ0n) is 9.41. The zero-order chi connectivity index (χ0) is 10.8. The van der Waals surface area contributed by atoms with E-state index in [1.165, 1.54) is 0 Å². The normalized spacial score (nSPS) is 10.8. The molecule has 7 nitrogen and oxygen atoms in total. The second-order valence-corrected chi connectivity index (χ2v) is 5.19. The molecule has 15 heavy (non-hydrogen) atoms. The summed E-state index contributed by atoms with van der Waals surface area (Å²) in [4.78, 5) is 1.56. The van der Waals surface area contributed by atoms with Gasteiger partial charge in [0.25, 0.3) is 10.1 Å². The Bertz CT molecular complexity index is 412. The molecule has 82 valence electrons. The van der Waals surface area contributed by atoms with Crippen LogP contribution in [0, 0.1) is 0 Å². The van der Waals surface area contributed by atoms with E-state index in [0.717, 1.165) is 11.3 Å². The van der Waals surface area contributed by atoms with Crippen LogP contribution >= 0.6 is 11.3 Å².